The van der Waals surface area contributed by atoms with Crippen LogP contribution >= 0.6 is 11.3 Å². The quantitative estimate of drug-likeness (QED) is 0.155. The van der Waals surface area contributed by atoms with Crippen molar-refractivity contribution in [2.24, 2.45) is 5.92 Å². The summed E-state index contributed by atoms with van der Waals surface area (Å²) in [4.78, 5) is 2.46. The molecule has 0 fully saturated rings. The maximum absolute atomic E-state index is 3.62. The molecule has 2 heteroatoms. The van der Waals surface area contributed by atoms with E-state index in [-0.39, 0.29) is 17.4 Å². The van der Waals surface area contributed by atoms with Gasteiger partial charge >= 0.3 is 0 Å². The Bertz CT molecular complexity index is 2980. The van der Waals surface area contributed by atoms with Gasteiger partial charge < -0.3 is 4.90 Å². The van der Waals surface area contributed by atoms with E-state index < -0.39 is 0 Å². The molecule has 1 heterocycles. The van der Waals surface area contributed by atoms with Crippen LogP contribution in [0.5, 0.6) is 0 Å². The van der Waals surface area contributed by atoms with Crippen molar-refractivity contribution in [2.45, 2.75) is 57.9 Å². The van der Waals surface area contributed by atoms with Crippen LogP contribution in [-0.2, 0) is 5.41 Å². The minimum atomic E-state index is 0.0347. The highest BCUT2D eigenvalue weighted by molar-refractivity contribution is 7.26. The van der Waals surface area contributed by atoms with Crippen LogP contribution in [0.1, 0.15) is 57.6 Å². The summed E-state index contributed by atoms with van der Waals surface area (Å²) in [6.07, 6.45) is 23.2. The van der Waals surface area contributed by atoms with E-state index in [2.05, 4.69) is 208 Å². The Morgan fingerprint density at radius 3 is 2.20 bits per heavy atom. The van der Waals surface area contributed by atoms with Gasteiger partial charge in [0, 0.05) is 36.8 Å². The van der Waals surface area contributed by atoms with E-state index in [1.807, 2.05) is 11.3 Å². The molecule has 2 unspecified atom stereocenters. The molecule has 7 aromatic rings. The minimum absolute atomic E-state index is 0.0347. The summed E-state index contributed by atoms with van der Waals surface area (Å²) in [5.41, 5.74) is 18.2. The molecule has 0 aliphatic heterocycles. The van der Waals surface area contributed by atoms with Gasteiger partial charge in [-0.15, -0.1) is 11.3 Å². The Kier molecular flexibility index (Phi) is 8.98. The Morgan fingerprint density at radius 2 is 1.43 bits per heavy atom. The second-order valence-corrected chi connectivity index (χ2v) is 18.4. The van der Waals surface area contributed by atoms with Gasteiger partial charge in [-0.25, -0.2) is 0 Å². The summed E-state index contributed by atoms with van der Waals surface area (Å²) in [6, 6.07) is 52.0. The molecule has 4 aliphatic rings. The Balaban J connectivity index is 0.956. The fourth-order valence-corrected chi connectivity index (χ4v) is 11.6. The average molecular weight is 790 g/mol. The molecule has 2 atom stereocenters. The monoisotopic (exact) mass is 789 g/mol. The first kappa shape index (κ1) is 36.7. The molecular formula is C58H47NS. The van der Waals surface area contributed by atoms with Gasteiger partial charge in [-0.1, -0.05) is 173 Å². The average Bonchev–Trinajstić information content (AvgIpc) is 3.80. The van der Waals surface area contributed by atoms with Crippen LogP contribution in [0.15, 0.2) is 187 Å². The Labute approximate surface area is 358 Å². The van der Waals surface area contributed by atoms with Crippen LogP contribution in [0.25, 0.3) is 59.1 Å². The molecule has 0 amide bonds. The molecule has 1 nitrogen and oxygen atoms in total. The molecule has 0 bridgehead atoms. The molecule has 1 aromatic heterocycles. The molecule has 4 aliphatic carbocycles. The van der Waals surface area contributed by atoms with E-state index in [0.29, 0.717) is 0 Å². The summed E-state index contributed by atoms with van der Waals surface area (Å²) < 4.78 is 2.81. The number of hydrogen-bond donors (Lipinski definition) is 0. The number of thiophene rings is 1. The predicted molar refractivity (Wildman–Crippen MR) is 257 cm³/mol. The summed E-state index contributed by atoms with van der Waals surface area (Å²) in [5.74, 6) is 0.282. The van der Waals surface area contributed by atoms with Crippen LogP contribution in [-0.4, -0.2) is 6.04 Å². The summed E-state index contributed by atoms with van der Waals surface area (Å²) in [6.45, 7) is 7.15. The normalized spacial score (nSPS) is 18.9. The smallest absolute Gasteiger partial charge is 0.0933 e. The van der Waals surface area contributed by atoms with Gasteiger partial charge in [0.1, 0.15) is 0 Å². The molecular weight excluding hydrogens is 743 g/mol. The predicted octanol–water partition coefficient (Wildman–Crippen LogP) is 16.0. The lowest BCUT2D eigenvalue weighted by Gasteiger charge is -2.36. The van der Waals surface area contributed by atoms with Gasteiger partial charge in [0.15, 0.2) is 0 Å². The fraction of sp³-hybridized carbons (Fsp3) is 0.172. The number of nitrogens with zero attached hydrogens (tertiary/aromatic N) is 1. The van der Waals surface area contributed by atoms with Crippen molar-refractivity contribution in [1.82, 2.24) is 0 Å². The zero-order valence-corrected chi connectivity index (χ0v) is 35.3. The van der Waals surface area contributed by atoms with Crippen LogP contribution in [0.4, 0.5) is 11.4 Å². The van der Waals surface area contributed by atoms with Gasteiger partial charge in [0.25, 0.3) is 0 Å². The van der Waals surface area contributed by atoms with E-state index in [9.17, 15) is 0 Å². The fourth-order valence-electron chi connectivity index (χ4n) is 10.2. The van der Waals surface area contributed by atoms with Crippen molar-refractivity contribution < 1.29 is 0 Å². The highest BCUT2D eigenvalue weighted by Gasteiger charge is 2.38. The van der Waals surface area contributed by atoms with E-state index in [1.165, 1.54) is 70.3 Å². The molecule has 0 saturated carbocycles. The van der Waals surface area contributed by atoms with Crippen molar-refractivity contribution >= 4 is 48.5 Å². The van der Waals surface area contributed by atoms with Crippen molar-refractivity contribution in [2.75, 3.05) is 4.90 Å². The lowest BCUT2D eigenvalue weighted by Crippen LogP contribution is -2.35. The second-order valence-electron chi connectivity index (χ2n) is 17.3. The lowest BCUT2D eigenvalue weighted by atomic mass is 9.80. The summed E-state index contributed by atoms with van der Waals surface area (Å²) in [5, 5.41) is 2.73. The van der Waals surface area contributed by atoms with Gasteiger partial charge in [-0.05, 0) is 123 Å². The SMILES string of the molecule is CC1C=C(C2=CC=CCC2)C=CC1N(c1c#cc(-c2ccc(-c3ccccc3)cc2)cc1)c1ccc(-c2cccc3c2sc2c4c(ccc23)C(C)(C)C2=C4CCC=C2)cc1. The van der Waals surface area contributed by atoms with Crippen LogP contribution < -0.4 is 4.90 Å². The third-order valence-electron chi connectivity index (χ3n) is 13.4. The Morgan fingerprint density at radius 1 is 0.667 bits per heavy atom. The molecule has 60 heavy (non-hydrogen) atoms. The van der Waals surface area contributed by atoms with Crippen LogP contribution in [0.3, 0.4) is 0 Å². The van der Waals surface area contributed by atoms with Gasteiger partial charge in [0.2, 0.25) is 0 Å². The third kappa shape index (κ3) is 6.15. The lowest BCUT2D eigenvalue weighted by molar-refractivity contribution is 0.605. The van der Waals surface area contributed by atoms with E-state index in [4.69, 9.17) is 0 Å². The van der Waals surface area contributed by atoms with Gasteiger partial charge in [-0.2, -0.15) is 0 Å². The van der Waals surface area contributed by atoms with Crippen LogP contribution in [0, 0.1) is 18.1 Å². The number of allylic oxidation sites excluding steroid dienone is 10. The number of hydrogen-bond acceptors (Lipinski definition) is 2. The zero-order chi connectivity index (χ0) is 40.4. The van der Waals surface area contributed by atoms with Crippen molar-refractivity contribution in [3.8, 4) is 33.4 Å². The van der Waals surface area contributed by atoms with Crippen molar-refractivity contribution in [3.05, 3.63) is 210 Å². The number of fused-ring (bicyclic) bond motifs is 6. The van der Waals surface area contributed by atoms with Crippen molar-refractivity contribution in [3.63, 3.8) is 0 Å². The Hall–Kier alpha value is -6.40. The van der Waals surface area contributed by atoms with Gasteiger partial charge in [0.05, 0.1) is 11.7 Å². The molecule has 0 saturated heterocycles. The first-order valence-electron chi connectivity index (χ1n) is 21.6. The maximum atomic E-state index is 3.62. The molecule has 11 rings (SSSR count). The molecule has 0 N–H and O–H groups in total. The van der Waals surface area contributed by atoms with Crippen LogP contribution in [0.2, 0.25) is 0 Å². The standard InChI is InChI=1S/C58H47NS/c1-38-37-45(40-15-8-5-9-16-40)29-36-54(38)59(46-30-25-43(26-31-46)42-23-21-41(22-24-42)39-13-6-4-7-14-39)47-32-27-44(28-33-47)48-18-12-19-49-50-34-35-53-55(57(50)60-56(48)49)51-17-10-11-20-52(51)58(53,2)3/h4-8,11-15,18-25,27-30,32-38,54H,9-10,16-17H2,1-3H3. The van der Waals surface area contributed by atoms with E-state index in [0.717, 1.165) is 48.2 Å². The summed E-state index contributed by atoms with van der Waals surface area (Å²) in [7, 11) is 0. The first-order valence-corrected chi connectivity index (χ1v) is 22.4. The van der Waals surface area contributed by atoms with E-state index >= 15 is 0 Å². The zero-order valence-electron chi connectivity index (χ0n) is 34.5. The molecule has 6 aromatic carbocycles. The third-order valence-corrected chi connectivity index (χ3v) is 14.6. The second kappa shape index (κ2) is 14.7. The molecule has 290 valence electrons. The highest BCUT2D eigenvalue weighted by Crippen LogP contribution is 2.55. The molecule has 0 spiro atoms. The number of rotatable bonds is 7. The van der Waals surface area contributed by atoms with Gasteiger partial charge in [-0.3, -0.25) is 0 Å². The van der Waals surface area contributed by atoms with Crippen molar-refractivity contribution in [1.29, 1.82) is 0 Å². The summed E-state index contributed by atoms with van der Waals surface area (Å²) >= 11 is 1.98. The number of benzene rings is 5. The largest absolute Gasteiger partial charge is 0.327 e. The minimum Gasteiger partial charge on any atom is -0.327 e. The highest BCUT2D eigenvalue weighted by atomic mass is 32.1. The van der Waals surface area contributed by atoms with E-state index in [1.54, 1.807) is 5.57 Å². The first-order chi connectivity index (χ1) is 29.4. The number of anilines is 2. The topological polar surface area (TPSA) is 3.24 Å². The maximum Gasteiger partial charge on any atom is 0.0933 e. The molecule has 0 radical (unpaired) electrons.